The SMILES string of the molecule is C1CSCCN1.CS/C(=C(\C(=O)c1ccc(Cl)cc1)c1ccncc1)N1CCSCC1.Clc1ccc(-c2[nH]nc(N3CCSCC3)c2-c2ccncc2)cc1.O=C(C(=C1SCS1)c1ccncc1)c1ccc(Cl)cc1.O=C(c1ccc(Cl)cc1)C(C(=S)N1CCSCC1)c1ccncc1. The molecule has 0 saturated carbocycles. The number of allylic oxidation sites excluding steroid dienone is 2. The van der Waals surface area contributed by atoms with Gasteiger partial charge in [0.1, 0.15) is 0 Å². The second-order valence-corrected chi connectivity index (χ2v) is 32.7. The zero-order chi connectivity index (χ0) is 69.1. The first-order valence-corrected chi connectivity index (χ1v) is 41.6. The van der Waals surface area contributed by atoms with Crippen LogP contribution in [0.4, 0.5) is 5.82 Å². The number of thiocarbonyl (C=S) groups is 1. The lowest BCUT2D eigenvalue weighted by atomic mass is 9.90. The molecule has 13 nitrogen and oxygen atoms in total. The topological polar surface area (TPSA) is 153 Å². The van der Waals surface area contributed by atoms with E-state index in [1.807, 2.05) is 138 Å². The van der Waals surface area contributed by atoms with Crippen LogP contribution in [-0.2, 0) is 0 Å². The number of carbonyl (C=O) groups is 3. The number of rotatable bonds is 15. The van der Waals surface area contributed by atoms with Crippen molar-refractivity contribution in [2.45, 2.75) is 5.92 Å². The number of hydrogen-bond acceptors (Lipinski definition) is 19. The highest BCUT2D eigenvalue weighted by Crippen LogP contribution is 2.48. The van der Waals surface area contributed by atoms with E-state index in [0.29, 0.717) is 36.7 Å². The summed E-state index contributed by atoms with van der Waals surface area (Å²) in [6.45, 7) is 8.17. The number of aromatic amines is 1. The van der Waals surface area contributed by atoms with Crippen LogP contribution in [0.15, 0.2) is 204 Å². The van der Waals surface area contributed by atoms with Gasteiger partial charge in [-0.05, 0) is 162 Å². The van der Waals surface area contributed by atoms with Crippen molar-refractivity contribution in [2.24, 2.45) is 0 Å². The lowest BCUT2D eigenvalue weighted by Crippen LogP contribution is -2.41. The zero-order valence-corrected chi connectivity index (χ0v) is 63.7. The fraction of sp³-hybridized carbons (Fsp3) is 0.257. The Morgan fingerprint density at radius 2 is 0.919 bits per heavy atom. The van der Waals surface area contributed by atoms with Crippen molar-refractivity contribution in [3.63, 3.8) is 0 Å². The Labute approximate surface area is 634 Å². The summed E-state index contributed by atoms with van der Waals surface area (Å²) >= 11 is 42.5. The quantitative estimate of drug-likeness (QED) is 0.0568. The largest absolute Gasteiger partial charge is 0.364 e. The van der Waals surface area contributed by atoms with E-state index in [2.05, 4.69) is 50.1 Å². The van der Waals surface area contributed by atoms with Crippen LogP contribution in [0.25, 0.3) is 33.5 Å². The normalized spacial score (nSPS) is 15.6. The van der Waals surface area contributed by atoms with Crippen LogP contribution in [0.2, 0.25) is 20.1 Å². The summed E-state index contributed by atoms with van der Waals surface area (Å²) in [5.41, 5.74) is 10.5. The third-order valence-electron chi connectivity index (χ3n) is 15.9. The number of carbonyl (C=O) groups excluding carboxylic acids is 3. The Balaban J connectivity index is 0.000000139. The number of H-pyrrole nitrogens is 1. The lowest BCUT2D eigenvalue weighted by Gasteiger charge is -2.32. The van der Waals surface area contributed by atoms with Gasteiger partial charge < -0.3 is 20.0 Å². The van der Waals surface area contributed by atoms with Gasteiger partial charge in [-0.25, -0.2) is 0 Å². The number of anilines is 1. The molecule has 2 N–H and O–H groups in total. The van der Waals surface area contributed by atoms with E-state index in [1.54, 1.807) is 145 Å². The van der Waals surface area contributed by atoms with Gasteiger partial charge in [-0.3, -0.25) is 39.4 Å². The van der Waals surface area contributed by atoms with E-state index in [4.69, 9.17) is 58.6 Å². The molecule has 512 valence electrons. The first kappa shape index (κ1) is 75.9. The molecule has 4 aromatic carbocycles. The smallest absolute Gasteiger partial charge is 0.196 e. The molecular weight excluding hydrogens is 1480 g/mol. The third-order valence-corrected chi connectivity index (χ3v) is 24.6. The summed E-state index contributed by atoms with van der Waals surface area (Å²) in [4.78, 5) is 63.1. The van der Waals surface area contributed by atoms with Crippen LogP contribution in [0, 0.1) is 0 Å². The van der Waals surface area contributed by atoms with Gasteiger partial charge in [0.15, 0.2) is 23.2 Å². The van der Waals surface area contributed by atoms with E-state index >= 15 is 0 Å². The summed E-state index contributed by atoms with van der Waals surface area (Å²) < 4.78 is 1.08. The molecule has 9 aromatic rings. The number of ketones is 3. The summed E-state index contributed by atoms with van der Waals surface area (Å²) in [7, 11) is 0. The van der Waals surface area contributed by atoms with E-state index < -0.39 is 5.92 Å². The molecular formula is C74H72Cl4N10O3S8. The van der Waals surface area contributed by atoms with Crippen LogP contribution in [0.1, 0.15) is 53.7 Å². The number of thioether (sulfide) groups is 7. The number of benzene rings is 4. The molecule has 5 fully saturated rings. The standard InChI is InChI=1S/C19H19ClN2OS2.C18H17ClN4S.C18H17ClN2OS2.C15H10ClNOS2.C4H9NS/c1-24-19(22-10-12-25-13-11-22)17(14-6-8-21-9-7-14)18(23)15-2-4-16(20)5-3-15;19-15-3-1-14(2-4-15)17-16(13-5-7-20-8-6-13)18(22-21-17)23-9-11-24-12-10-23;19-15-3-1-14(2-4-15)17(22)16(13-5-7-20-8-6-13)18(23)21-9-11-24-12-10-21;16-12-3-1-11(2-4-12)14(18)13(15-19-9-20-15)10-5-7-17-8-6-10;1-3-6-4-2-5-1/h2-9H,10-13H2,1H3;1-8H,9-12H2,(H,21,22);1-8,16H,9-12H2;1-8H,9H2;5H,1-4H2/b19-17-;;;;. The van der Waals surface area contributed by atoms with Crippen molar-refractivity contribution in [3.8, 4) is 22.4 Å². The van der Waals surface area contributed by atoms with Crippen LogP contribution >= 0.6 is 141 Å². The van der Waals surface area contributed by atoms with E-state index in [-0.39, 0.29) is 17.3 Å². The Morgan fingerprint density at radius 1 is 0.485 bits per heavy atom. The molecule has 0 radical (unpaired) electrons. The monoisotopic (exact) mass is 1540 g/mol. The molecule has 5 aliphatic rings. The van der Waals surface area contributed by atoms with Gasteiger partial charge in [0, 0.05) is 201 Å². The van der Waals surface area contributed by atoms with Crippen molar-refractivity contribution < 1.29 is 14.4 Å². The molecule has 1 unspecified atom stereocenters. The zero-order valence-electron chi connectivity index (χ0n) is 54.2. The van der Waals surface area contributed by atoms with Crippen molar-refractivity contribution >= 4 is 180 Å². The first-order chi connectivity index (χ1) is 48.4. The van der Waals surface area contributed by atoms with Gasteiger partial charge in [0.05, 0.1) is 37.0 Å². The highest BCUT2D eigenvalue weighted by Gasteiger charge is 2.32. The van der Waals surface area contributed by atoms with E-state index in [0.717, 1.165) is 149 Å². The van der Waals surface area contributed by atoms with E-state index in [9.17, 15) is 14.4 Å². The molecule has 1 atom stereocenters. The van der Waals surface area contributed by atoms with Gasteiger partial charge in [0.25, 0.3) is 0 Å². The molecule has 10 heterocycles. The predicted molar refractivity (Wildman–Crippen MR) is 433 cm³/mol. The maximum Gasteiger partial charge on any atom is 0.196 e. The average Bonchev–Trinajstić information content (AvgIpc) is 1.72. The molecule has 0 bridgehead atoms. The molecule has 5 saturated heterocycles. The molecule has 99 heavy (non-hydrogen) atoms. The van der Waals surface area contributed by atoms with Gasteiger partial charge in [-0.1, -0.05) is 70.8 Å². The average molecular weight is 1550 g/mol. The fourth-order valence-corrected chi connectivity index (χ4v) is 17.7. The van der Waals surface area contributed by atoms with Gasteiger partial charge in [0.2, 0.25) is 0 Å². The predicted octanol–water partition coefficient (Wildman–Crippen LogP) is 18.2. The number of pyridine rings is 4. The van der Waals surface area contributed by atoms with Crippen molar-refractivity contribution in [1.82, 2.24) is 45.2 Å². The summed E-state index contributed by atoms with van der Waals surface area (Å²) in [5, 5.41) is 15.8. The lowest BCUT2D eigenvalue weighted by molar-refractivity contribution is 0.0978. The minimum atomic E-state index is -0.465. The van der Waals surface area contributed by atoms with Crippen molar-refractivity contribution in [3.05, 3.63) is 258 Å². The Hall–Kier alpha value is -5.76. The Morgan fingerprint density at radius 3 is 1.38 bits per heavy atom. The second-order valence-electron chi connectivity index (χ2n) is 22.2. The minimum absolute atomic E-state index is 0.00101. The van der Waals surface area contributed by atoms with Crippen LogP contribution in [0.5, 0.6) is 0 Å². The Kier molecular flexibility index (Phi) is 30.8. The molecule has 0 spiro atoms. The number of halogens is 4. The summed E-state index contributed by atoms with van der Waals surface area (Å²) in [6, 6.07) is 44.3. The summed E-state index contributed by atoms with van der Waals surface area (Å²) in [6.07, 6.45) is 16.0. The van der Waals surface area contributed by atoms with Gasteiger partial charge >= 0.3 is 0 Å². The summed E-state index contributed by atoms with van der Waals surface area (Å²) in [5.74, 6) is 9.74. The van der Waals surface area contributed by atoms with Crippen LogP contribution in [0.3, 0.4) is 0 Å². The highest BCUT2D eigenvalue weighted by atomic mass is 35.5. The Bertz CT molecular complexity index is 4100. The van der Waals surface area contributed by atoms with Gasteiger partial charge in [-0.15, -0.1) is 35.3 Å². The van der Waals surface area contributed by atoms with Crippen molar-refractivity contribution in [2.75, 3.05) is 115 Å². The molecule has 25 heteroatoms. The van der Waals surface area contributed by atoms with Crippen LogP contribution in [-0.4, -0.2) is 172 Å². The van der Waals surface area contributed by atoms with Gasteiger partial charge in [-0.2, -0.15) is 52.1 Å². The van der Waals surface area contributed by atoms with E-state index in [1.165, 1.54) is 24.6 Å². The fourth-order valence-electron chi connectivity index (χ4n) is 10.8. The third kappa shape index (κ3) is 21.9. The second kappa shape index (κ2) is 40.2. The number of nitrogens with one attached hydrogen (secondary N) is 2. The molecule has 0 amide bonds. The van der Waals surface area contributed by atoms with Crippen molar-refractivity contribution in [1.29, 1.82) is 0 Å². The molecule has 5 aliphatic heterocycles. The maximum absolute atomic E-state index is 13.3. The molecule has 5 aromatic heterocycles. The molecule has 14 rings (SSSR count). The minimum Gasteiger partial charge on any atom is -0.364 e. The highest BCUT2D eigenvalue weighted by molar-refractivity contribution is 8.37. The number of nitrogens with zero attached hydrogens (tertiary/aromatic N) is 8. The number of aromatic nitrogens is 6. The first-order valence-electron chi connectivity index (χ1n) is 31.9. The molecule has 0 aliphatic carbocycles. The maximum atomic E-state index is 13.3. The van der Waals surface area contributed by atoms with Crippen LogP contribution < -0.4 is 10.2 Å². The number of hydrogen-bond donors (Lipinski definition) is 2. The number of Topliss-reactive ketones (excluding diaryl/α,β-unsaturated/α-hetero) is 3.